The average molecular weight is 497 g/mol. The summed E-state index contributed by atoms with van der Waals surface area (Å²) in [5, 5.41) is 2.26. The summed E-state index contributed by atoms with van der Waals surface area (Å²) < 4.78 is 31.0. The Morgan fingerprint density at radius 3 is 2.50 bits per heavy atom. The Morgan fingerprint density at radius 1 is 1.06 bits per heavy atom. The van der Waals surface area contributed by atoms with E-state index in [9.17, 15) is 13.2 Å². The number of rotatable bonds is 10. The van der Waals surface area contributed by atoms with Gasteiger partial charge in [-0.3, -0.25) is 4.79 Å². The van der Waals surface area contributed by atoms with Gasteiger partial charge in [-0.05, 0) is 80.5 Å². The van der Waals surface area contributed by atoms with E-state index >= 15 is 0 Å². The first kappa shape index (κ1) is 23.5. The van der Waals surface area contributed by atoms with Crippen molar-refractivity contribution in [1.82, 2.24) is 9.84 Å². The molecule has 1 heterocycles. The fourth-order valence-corrected chi connectivity index (χ4v) is 5.37. The molecular weight excluding hydrogens is 471 g/mol. The van der Waals surface area contributed by atoms with Gasteiger partial charge in [0, 0.05) is 24.6 Å². The van der Waals surface area contributed by atoms with Crippen LogP contribution in [-0.2, 0) is 10.0 Å². The molecule has 2 aromatic carbocycles. The molecule has 0 radical (unpaired) electrons. The Morgan fingerprint density at radius 2 is 1.81 bits per heavy atom. The first-order valence-electron chi connectivity index (χ1n) is 10.8. The lowest BCUT2D eigenvalue weighted by Crippen LogP contribution is -2.40. The molecular formula is C23H26Cl2N2O4S. The lowest BCUT2D eigenvalue weighted by molar-refractivity contribution is 0.0967. The number of hydrazine groups is 1. The van der Waals surface area contributed by atoms with E-state index in [0.29, 0.717) is 30.6 Å². The Kier molecular flexibility index (Phi) is 7.42. The van der Waals surface area contributed by atoms with Crippen molar-refractivity contribution in [2.75, 3.05) is 19.7 Å². The maximum absolute atomic E-state index is 12.6. The van der Waals surface area contributed by atoms with Crippen molar-refractivity contribution in [2.45, 2.75) is 37.0 Å². The van der Waals surface area contributed by atoms with Crippen LogP contribution in [0.2, 0.25) is 10.0 Å². The fraction of sp³-hybridized carbons (Fsp3) is 0.435. The summed E-state index contributed by atoms with van der Waals surface area (Å²) in [4.78, 5) is 14.8. The number of nitrogens with zero attached hydrogens (tertiary/aromatic N) is 1. The lowest BCUT2D eigenvalue weighted by atomic mass is 10.0. The number of hydrogen-bond donors (Lipinski definition) is 1. The van der Waals surface area contributed by atoms with Crippen LogP contribution in [-0.4, -0.2) is 38.9 Å². The SMILES string of the molecule is O=C(c1ccc(OCCC[C@@H]2CCN(NS(=O)(=O)c3ccc(Cl)c(Cl)c3)C2)cc1)C1CC1. The lowest BCUT2D eigenvalue weighted by Gasteiger charge is -2.18. The molecule has 1 aliphatic heterocycles. The molecule has 6 nitrogen and oxygen atoms in total. The standard InChI is InChI=1S/C23H26Cl2N2O4S/c24-21-10-9-20(14-22(21)25)32(29,30)26-27-12-11-16(15-27)2-1-13-31-19-7-5-18(6-8-19)23(28)17-3-4-17/h5-10,14,16-17,26H,1-4,11-13,15H2/t16-/m1/s1. The molecule has 32 heavy (non-hydrogen) atoms. The van der Waals surface area contributed by atoms with Gasteiger partial charge in [-0.1, -0.05) is 23.2 Å². The summed E-state index contributed by atoms with van der Waals surface area (Å²) in [5.74, 6) is 1.62. The van der Waals surface area contributed by atoms with E-state index in [1.807, 2.05) is 24.3 Å². The highest BCUT2D eigenvalue weighted by Gasteiger charge is 2.30. The van der Waals surface area contributed by atoms with Crippen LogP contribution in [0.4, 0.5) is 0 Å². The molecule has 0 bridgehead atoms. The van der Waals surface area contributed by atoms with E-state index in [1.54, 1.807) is 5.01 Å². The molecule has 1 saturated heterocycles. The van der Waals surface area contributed by atoms with E-state index in [2.05, 4.69) is 4.83 Å². The number of benzene rings is 2. The normalized spacial score (nSPS) is 19.2. The van der Waals surface area contributed by atoms with Crippen LogP contribution < -0.4 is 9.57 Å². The number of hydrogen-bond acceptors (Lipinski definition) is 5. The number of ether oxygens (including phenoxy) is 1. The predicted octanol–water partition coefficient (Wildman–Crippen LogP) is 4.96. The summed E-state index contributed by atoms with van der Waals surface area (Å²) in [7, 11) is -3.69. The third-order valence-corrected chi connectivity index (χ3v) is 7.96. The van der Waals surface area contributed by atoms with Gasteiger partial charge in [-0.2, -0.15) is 0 Å². The first-order chi connectivity index (χ1) is 15.3. The molecule has 0 unspecified atom stereocenters. The zero-order valence-corrected chi connectivity index (χ0v) is 19.9. The molecule has 172 valence electrons. The van der Waals surface area contributed by atoms with Crippen LogP contribution in [0.5, 0.6) is 5.75 Å². The summed E-state index contributed by atoms with van der Waals surface area (Å²) in [6, 6.07) is 11.6. The van der Waals surface area contributed by atoms with Crippen LogP contribution in [0.3, 0.4) is 0 Å². The third kappa shape index (κ3) is 6.02. The van der Waals surface area contributed by atoms with Crippen molar-refractivity contribution in [3.05, 3.63) is 58.1 Å². The zero-order chi connectivity index (χ0) is 22.7. The fourth-order valence-electron chi connectivity index (χ4n) is 3.88. The summed E-state index contributed by atoms with van der Waals surface area (Å²) >= 11 is 11.8. The molecule has 1 N–H and O–H groups in total. The second-order valence-corrected chi connectivity index (χ2v) is 10.9. The number of Topliss-reactive ketones (excluding diaryl/α,β-unsaturated/α-hetero) is 1. The van der Waals surface area contributed by atoms with Gasteiger partial charge in [-0.15, -0.1) is 4.83 Å². The molecule has 2 fully saturated rings. The van der Waals surface area contributed by atoms with E-state index in [-0.39, 0.29) is 21.6 Å². The highest BCUT2D eigenvalue weighted by atomic mass is 35.5. The van der Waals surface area contributed by atoms with Crippen molar-refractivity contribution in [1.29, 1.82) is 0 Å². The molecule has 0 spiro atoms. The maximum atomic E-state index is 12.6. The Hall–Kier alpha value is -1.64. The van der Waals surface area contributed by atoms with Gasteiger partial charge in [0.1, 0.15) is 5.75 Å². The van der Waals surface area contributed by atoms with Crippen molar-refractivity contribution in [2.24, 2.45) is 11.8 Å². The second-order valence-electron chi connectivity index (χ2n) is 8.42. The quantitative estimate of drug-likeness (QED) is 0.371. The molecule has 1 aliphatic carbocycles. The van der Waals surface area contributed by atoms with E-state index in [4.69, 9.17) is 27.9 Å². The van der Waals surface area contributed by atoms with Crippen molar-refractivity contribution >= 4 is 39.0 Å². The van der Waals surface area contributed by atoms with E-state index < -0.39 is 10.0 Å². The molecule has 2 aromatic rings. The average Bonchev–Trinajstić information content (AvgIpc) is 3.53. The zero-order valence-electron chi connectivity index (χ0n) is 17.6. The first-order valence-corrected chi connectivity index (χ1v) is 13.1. The Balaban J connectivity index is 1.18. The third-order valence-electron chi connectivity index (χ3n) is 5.85. The summed E-state index contributed by atoms with van der Waals surface area (Å²) in [5.41, 5.74) is 0.759. The van der Waals surface area contributed by atoms with Crippen LogP contribution in [0.15, 0.2) is 47.4 Å². The monoisotopic (exact) mass is 496 g/mol. The van der Waals surface area contributed by atoms with Gasteiger partial charge < -0.3 is 4.74 Å². The molecule has 0 amide bonds. The smallest absolute Gasteiger partial charge is 0.253 e. The number of sulfonamides is 1. The van der Waals surface area contributed by atoms with Gasteiger partial charge in [0.25, 0.3) is 10.0 Å². The van der Waals surface area contributed by atoms with E-state index in [1.165, 1.54) is 18.2 Å². The number of ketones is 1. The van der Waals surface area contributed by atoms with Gasteiger partial charge in [-0.25, -0.2) is 13.4 Å². The van der Waals surface area contributed by atoms with Crippen LogP contribution >= 0.6 is 23.2 Å². The Bertz CT molecular complexity index is 1070. The molecule has 0 aromatic heterocycles. The summed E-state index contributed by atoms with van der Waals surface area (Å²) in [6.07, 6.45) is 4.76. The van der Waals surface area contributed by atoms with Crippen LogP contribution in [0.1, 0.15) is 42.5 Å². The van der Waals surface area contributed by atoms with Crippen molar-refractivity contribution < 1.29 is 17.9 Å². The molecule has 4 rings (SSSR count). The van der Waals surface area contributed by atoms with Crippen LogP contribution in [0, 0.1) is 11.8 Å². The molecule has 2 aliphatic rings. The minimum Gasteiger partial charge on any atom is -0.494 e. The van der Waals surface area contributed by atoms with Gasteiger partial charge >= 0.3 is 0 Å². The second kappa shape index (κ2) is 10.1. The van der Waals surface area contributed by atoms with Gasteiger partial charge in [0.15, 0.2) is 5.78 Å². The number of carbonyl (C=O) groups excluding carboxylic acids is 1. The maximum Gasteiger partial charge on any atom is 0.253 e. The molecule has 1 saturated carbocycles. The van der Waals surface area contributed by atoms with Gasteiger partial charge in [0.05, 0.1) is 21.5 Å². The van der Waals surface area contributed by atoms with E-state index in [0.717, 1.165) is 43.4 Å². The topological polar surface area (TPSA) is 75.7 Å². The van der Waals surface area contributed by atoms with Crippen LogP contribution in [0.25, 0.3) is 0 Å². The molecule has 1 atom stereocenters. The highest BCUT2D eigenvalue weighted by Crippen LogP contribution is 2.33. The van der Waals surface area contributed by atoms with Gasteiger partial charge in [0.2, 0.25) is 0 Å². The van der Waals surface area contributed by atoms with Crippen molar-refractivity contribution in [3.8, 4) is 5.75 Å². The number of carbonyl (C=O) groups is 1. The number of halogens is 2. The molecule has 9 heteroatoms. The Labute approximate surface area is 198 Å². The predicted molar refractivity (Wildman–Crippen MR) is 125 cm³/mol. The highest BCUT2D eigenvalue weighted by molar-refractivity contribution is 7.89. The minimum atomic E-state index is -3.69. The minimum absolute atomic E-state index is 0.0913. The number of nitrogens with one attached hydrogen (secondary N) is 1. The summed E-state index contributed by atoms with van der Waals surface area (Å²) in [6.45, 7) is 1.89. The largest absolute Gasteiger partial charge is 0.494 e. The van der Waals surface area contributed by atoms with Crippen molar-refractivity contribution in [3.63, 3.8) is 0 Å².